The van der Waals surface area contributed by atoms with Crippen molar-refractivity contribution in [3.8, 4) is 5.75 Å². The van der Waals surface area contributed by atoms with Crippen molar-refractivity contribution in [3.63, 3.8) is 0 Å². The number of nitrogens with two attached hydrogens (primary N) is 1. The summed E-state index contributed by atoms with van der Waals surface area (Å²) in [5.41, 5.74) is 6.43. The quantitative estimate of drug-likeness (QED) is 0.243. The molecule has 2 heterocycles. The molecule has 0 spiro atoms. The van der Waals surface area contributed by atoms with E-state index in [1.165, 1.54) is 6.20 Å². The number of carbonyl (C=O) groups is 1. The molecule has 0 aliphatic heterocycles. The molecule has 0 saturated heterocycles. The summed E-state index contributed by atoms with van der Waals surface area (Å²) in [7, 11) is 0. The number of primary amides is 1. The Morgan fingerprint density at radius 2 is 1.68 bits per heavy atom. The van der Waals surface area contributed by atoms with Crippen LogP contribution in [0.5, 0.6) is 5.75 Å². The van der Waals surface area contributed by atoms with Gasteiger partial charge in [-0.05, 0) is 38.5 Å². The number of nitrogens with zero attached hydrogens (tertiary/aromatic N) is 4. The number of fused-ring (bicyclic) bond motifs is 1. The van der Waals surface area contributed by atoms with Crippen molar-refractivity contribution < 1.29 is 31.5 Å². The second kappa shape index (κ2) is 11.3. The van der Waals surface area contributed by atoms with Gasteiger partial charge in [0.25, 0.3) is 0 Å². The largest absolute Gasteiger partial charge is 0.573 e. The third-order valence-electron chi connectivity index (χ3n) is 7.43. The van der Waals surface area contributed by atoms with E-state index >= 15 is 0 Å². The van der Waals surface area contributed by atoms with Crippen LogP contribution in [0.25, 0.3) is 11.2 Å². The van der Waals surface area contributed by atoms with Gasteiger partial charge in [-0.3, -0.25) is 9.36 Å². The minimum absolute atomic E-state index is 0.0969. The molecule has 1 amide bonds. The lowest BCUT2D eigenvalue weighted by atomic mass is 9.85. The number of ether oxygens (including phenoxy) is 1. The van der Waals surface area contributed by atoms with Gasteiger partial charge in [-0.1, -0.05) is 23.2 Å². The van der Waals surface area contributed by atoms with Crippen molar-refractivity contribution in [2.75, 3.05) is 10.6 Å². The maximum atomic E-state index is 13.6. The zero-order valence-corrected chi connectivity index (χ0v) is 23.0. The van der Waals surface area contributed by atoms with Gasteiger partial charge >= 0.3 is 6.36 Å². The highest BCUT2D eigenvalue weighted by Gasteiger charge is 2.36. The average molecular weight is 622 g/mol. The van der Waals surface area contributed by atoms with Gasteiger partial charge in [-0.15, -0.1) is 13.2 Å². The first-order chi connectivity index (χ1) is 19.3. The molecule has 3 aromatic rings. The first kappa shape index (κ1) is 29.4. The molecular formula is C25H26Cl2F5N7O2. The maximum absolute atomic E-state index is 13.6. The zero-order valence-electron chi connectivity index (χ0n) is 21.4. The highest BCUT2D eigenvalue weighted by Crippen LogP contribution is 2.41. The van der Waals surface area contributed by atoms with E-state index in [1.807, 2.05) is 0 Å². The number of hydrogen-bond acceptors (Lipinski definition) is 7. The molecule has 5 rings (SSSR count). The number of aromatic nitrogens is 4. The molecule has 4 N–H and O–H groups in total. The summed E-state index contributed by atoms with van der Waals surface area (Å²) in [6.45, 7) is 0. The molecule has 2 aliphatic carbocycles. The van der Waals surface area contributed by atoms with Gasteiger partial charge in [0.1, 0.15) is 11.3 Å². The molecule has 0 atom stereocenters. The second-order valence-corrected chi connectivity index (χ2v) is 11.1. The van der Waals surface area contributed by atoms with E-state index in [1.54, 1.807) is 4.57 Å². The van der Waals surface area contributed by atoms with Crippen molar-refractivity contribution >= 4 is 57.9 Å². The number of imidazole rings is 1. The molecule has 16 heteroatoms. The Hall–Kier alpha value is -3.13. The van der Waals surface area contributed by atoms with E-state index in [0.717, 1.165) is 12.1 Å². The lowest BCUT2D eigenvalue weighted by Crippen LogP contribution is -2.32. The average Bonchev–Trinajstić information content (AvgIpc) is 3.24. The summed E-state index contributed by atoms with van der Waals surface area (Å²) in [6, 6.07) is 1.55. The van der Waals surface area contributed by atoms with E-state index in [4.69, 9.17) is 28.9 Å². The molecule has 0 bridgehead atoms. The maximum Gasteiger partial charge on any atom is 0.573 e. The smallest absolute Gasteiger partial charge is 0.406 e. The van der Waals surface area contributed by atoms with E-state index < -0.39 is 18.0 Å². The predicted molar refractivity (Wildman–Crippen MR) is 143 cm³/mol. The van der Waals surface area contributed by atoms with Gasteiger partial charge in [-0.2, -0.15) is 4.98 Å². The molecule has 2 saturated carbocycles. The van der Waals surface area contributed by atoms with Crippen LogP contribution >= 0.6 is 23.2 Å². The van der Waals surface area contributed by atoms with E-state index in [9.17, 15) is 26.7 Å². The lowest BCUT2D eigenvalue weighted by molar-refractivity contribution is -0.274. The number of anilines is 3. The summed E-state index contributed by atoms with van der Waals surface area (Å²) >= 11 is 12.6. The molecule has 2 fully saturated rings. The number of hydrogen-bond donors (Lipinski definition) is 3. The van der Waals surface area contributed by atoms with Crippen molar-refractivity contribution in [2.24, 2.45) is 11.7 Å². The fraction of sp³-hybridized carbons (Fsp3) is 0.520. The molecular weight excluding hydrogens is 596 g/mol. The summed E-state index contributed by atoms with van der Waals surface area (Å²) in [4.78, 5) is 25.3. The Labute approximate surface area is 240 Å². The summed E-state index contributed by atoms with van der Waals surface area (Å²) in [6.07, 6.45) is -1.15. The molecule has 2 aliphatic rings. The van der Waals surface area contributed by atoms with Crippen LogP contribution in [0.15, 0.2) is 18.3 Å². The van der Waals surface area contributed by atoms with Crippen LogP contribution in [-0.4, -0.2) is 43.8 Å². The Morgan fingerprint density at radius 1 is 1.05 bits per heavy atom. The second-order valence-electron chi connectivity index (χ2n) is 10.3. The normalized spacial score (nSPS) is 21.5. The molecule has 41 heavy (non-hydrogen) atoms. The van der Waals surface area contributed by atoms with Crippen LogP contribution in [0.2, 0.25) is 10.0 Å². The van der Waals surface area contributed by atoms with Gasteiger partial charge in [0.15, 0.2) is 5.65 Å². The first-order valence-corrected chi connectivity index (χ1v) is 13.7. The van der Waals surface area contributed by atoms with Crippen LogP contribution in [0.3, 0.4) is 0 Å². The fourth-order valence-electron chi connectivity index (χ4n) is 5.35. The molecule has 0 unspecified atom stereocenters. The summed E-state index contributed by atoms with van der Waals surface area (Å²) in [5, 5.41) is 5.87. The van der Waals surface area contributed by atoms with Crippen molar-refractivity contribution in [1.82, 2.24) is 19.5 Å². The Balaban J connectivity index is 1.48. The number of amides is 1. The molecule has 1 aromatic carbocycles. The number of benzene rings is 1. The topological polar surface area (TPSA) is 120 Å². The van der Waals surface area contributed by atoms with Gasteiger partial charge in [-0.25, -0.2) is 18.7 Å². The zero-order chi connectivity index (χ0) is 29.5. The summed E-state index contributed by atoms with van der Waals surface area (Å²) < 4.78 is 71.1. The number of alkyl halides is 5. The predicted octanol–water partition coefficient (Wildman–Crippen LogP) is 6.98. The molecule has 2 aromatic heterocycles. The number of carbonyl (C=O) groups excluding carboxylic acids is 1. The third-order valence-corrected chi connectivity index (χ3v) is 8.03. The number of nitrogens with one attached hydrogen (secondary N) is 2. The van der Waals surface area contributed by atoms with Crippen LogP contribution in [0.1, 0.15) is 57.4 Å². The molecule has 222 valence electrons. The van der Waals surface area contributed by atoms with Crippen LogP contribution < -0.4 is 21.1 Å². The van der Waals surface area contributed by atoms with Gasteiger partial charge in [0.05, 0.1) is 21.9 Å². The Morgan fingerprint density at radius 3 is 2.27 bits per heavy atom. The lowest BCUT2D eigenvalue weighted by Gasteiger charge is -2.29. The first-order valence-electron chi connectivity index (χ1n) is 13.0. The highest BCUT2D eigenvalue weighted by molar-refractivity contribution is 6.39. The van der Waals surface area contributed by atoms with Crippen molar-refractivity contribution in [1.29, 1.82) is 0 Å². The SMILES string of the molecule is NC(=O)[C@H]1CC[C@H](n2c(Nc3c(Cl)cc(OC(F)(F)F)cc3Cl)nc3cnc(NC4CCC(F)(F)CC4)nc32)CC1. The number of rotatable bonds is 7. The van der Waals surface area contributed by atoms with E-state index in [0.29, 0.717) is 36.8 Å². The van der Waals surface area contributed by atoms with Crippen LogP contribution in [0, 0.1) is 5.92 Å². The van der Waals surface area contributed by atoms with E-state index in [-0.39, 0.29) is 77.2 Å². The molecule has 9 nitrogen and oxygen atoms in total. The highest BCUT2D eigenvalue weighted by atomic mass is 35.5. The monoisotopic (exact) mass is 621 g/mol. The molecule has 0 radical (unpaired) electrons. The van der Waals surface area contributed by atoms with Crippen LogP contribution in [0.4, 0.5) is 39.5 Å². The number of halogens is 7. The minimum atomic E-state index is -4.93. The standard InChI is InChI=1S/C25H26Cl2F5N7O2/c26-16-9-15(41-25(30,31)32)10-17(27)19(16)37-23-36-18-11-34-22(35-13-5-7-24(28,29)8-6-13)38-21(18)39(23)14-3-1-12(2-4-14)20(33)40/h9-14H,1-8H2,(H2,33,40)(H,36,37)(H,34,35,38)/t12-,14-. The van der Waals surface area contributed by atoms with Gasteiger partial charge in [0.2, 0.25) is 23.7 Å². The van der Waals surface area contributed by atoms with Crippen LogP contribution in [-0.2, 0) is 4.79 Å². The van der Waals surface area contributed by atoms with Crippen molar-refractivity contribution in [3.05, 3.63) is 28.4 Å². The minimum Gasteiger partial charge on any atom is -0.406 e. The van der Waals surface area contributed by atoms with Crippen molar-refractivity contribution in [2.45, 2.75) is 75.7 Å². The van der Waals surface area contributed by atoms with Gasteiger partial charge in [0, 0.05) is 43.0 Å². The Kier molecular flexibility index (Phi) is 8.07. The fourth-order valence-corrected chi connectivity index (χ4v) is 5.92. The third kappa shape index (κ3) is 6.85. The summed E-state index contributed by atoms with van der Waals surface area (Å²) in [5.74, 6) is -3.40. The van der Waals surface area contributed by atoms with Gasteiger partial charge < -0.3 is 21.1 Å². The van der Waals surface area contributed by atoms with E-state index in [2.05, 4.69) is 30.3 Å². The Bertz CT molecular complexity index is 1410.